The van der Waals surface area contributed by atoms with Gasteiger partial charge in [-0.2, -0.15) is 0 Å². The summed E-state index contributed by atoms with van der Waals surface area (Å²) in [5.41, 5.74) is 3.18. The third-order valence-electron chi connectivity index (χ3n) is 4.03. The average molecular weight is 360 g/mol. The molecule has 3 rings (SSSR count). The summed E-state index contributed by atoms with van der Waals surface area (Å²) in [5, 5.41) is 5.57. The molecule has 0 aliphatic heterocycles. The first kappa shape index (κ1) is 18.3. The Morgan fingerprint density at radius 1 is 0.926 bits per heavy atom. The van der Waals surface area contributed by atoms with Crippen molar-refractivity contribution in [3.63, 3.8) is 0 Å². The van der Waals surface area contributed by atoms with E-state index in [-0.39, 0.29) is 17.5 Å². The smallest absolute Gasteiger partial charge is 0.274 e. The Kier molecular flexibility index (Phi) is 5.89. The van der Waals surface area contributed by atoms with Crippen molar-refractivity contribution in [2.75, 3.05) is 5.32 Å². The molecule has 2 N–H and O–H groups in total. The van der Waals surface area contributed by atoms with Crippen molar-refractivity contribution in [1.82, 2.24) is 15.3 Å². The van der Waals surface area contributed by atoms with Crippen LogP contribution in [0.2, 0.25) is 0 Å². The molecule has 0 aliphatic carbocycles. The zero-order chi connectivity index (χ0) is 19.1. The minimum absolute atomic E-state index is 0.181. The van der Waals surface area contributed by atoms with Crippen molar-refractivity contribution >= 4 is 17.5 Å². The summed E-state index contributed by atoms with van der Waals surface area (Å²) in [6.45, 7) is 2.38. The van der Waals surface area contributed by atoms with Crippen LogP contribution in [0.1, 0.15) is 39.0 Å². The predicted molar refractivity (Wildman–Crippen MR) is 103 cm³/mol. The molecule has 2 amide bonds. The fraction of sp³-hybridized carbons (Fsp3) is 0.143. The Bertz CT molecular complexity index is 924. The number of hydrogen-bond donors (Lipinski definition) is 2. The summed E-state index contributed by atoms with van der Waals surface area (Å²) < 4.78 is 0. The Balaban J connectivity index is 1.64. The minimum atomic E-state index is -0.362. The van der Waals surface area contributed by atoms with Crippen LogP contribution in [0.4, 0.5) is 5.69 Å². The zero-order valence-electron chi connectivity index (χ0n) is 15.0. The molecule has 0 fully saturated rings. The van der Waals surface area contributed by atoms with E-state index in [4.69, 9.17) is 0 Å². The molecule has 2 heterocycles. The molecule has 0 atom stereocenters. The molecule has 27 heavy (non-hydrogen) atoms. The molecule has 2 aromatic heterocycles. The van der Waals surface area contributed by atoms with Crippen molar-refractivity contribution in [2.24, 2.45) is 0 Å². The summed E-state index contributed by atoms with van der Waals surface area (Å²) >= 11 is 0. The first-order valence-electron chi connectivity index (χ1n) is 8.70. The van der Waals surface area contributed by atoms with Gasteiger partial charge in [0.2, 0.25) is 0 Å². The molecule has 6 heteroatoms. The standard InChI is InChI=1S/C21H20N4O2/c1-2-15-6-8-17(9-7-15)25-21(27)19-13-16(10-12-23-19)20(26)24-14-18-5-3-4-11-22-18/h3-13H,2,14H2,1H3,(H,24,26)(H,25,27). The van der Waals surface area contributed by atoms with Gasteiger partial charge < -0.3 is 10.6 Å². The second-order valence-electron chi connectivity index (χ2n) is 5.94. The number of aromatic nitrogens is 2. The Morgan fingerprint density at radius 3 is 2.44 bits per heavy atom. The van der Waals surface area contributed by atoms with Crippen LogP contribution in [0.25, 0.3) is 0 Å². The fourth-order valence-corrected chi connectivity index (χ4v) is 2.49. The molecule has 0 saturated carbocycles. The highest BCUT2D eigenvalue weighted by Crippen LogP contribution is 2.12. The van der Waals surface area contributed by atoms with Gasteiger partial charge in [-0.25, -0.2) is 0 Å². The van der Waals surface area contributed by atoms with Crippen LogP contribution in [-0.4, -0.2) is 21.8 Å². The molecule has 0 unspecified atom stereocenters. The molecule has 0 aliphatic rings. The first-order chi connectivity index (χ1) is 13.2. The van der Waals surface area contributed by atoms with Crippen molar-refractivity contribution in [3.05, 3.63) is 89.5 Å². The lowest BCUT2D eigenvalue weighted by molar-refractivity contribution is 0.0950. The minimum Gasteiger partial charge on any atom is -0.346 e. The van der Waals surface area contributed by atoms with Gasteiger partial charge in [-0.1, -0.05) is 25.1 Å². The van der Waals surface area contributed by atoms with E-state index in [1.54, 1.807) is 12.3 Å². The average Bonchev–Trinajstić information content (AvgIpc) is 2.73. The number of carbonyl (C=O) groups is 2. The number of amides is 2. The topological polar surface area (TPSA) is 84.0 Å². The van der Waals surface area contributed by atoms with Crippen LogP contribution in [0.3, 0.4) is 0 Å². The zero-order valence-corrected chi connectivity index (χ0v) is 15.0. The number of nitrogens with one attached hydrogen (secondary N) is 2. The SMILES string of the molecule is CCc1ccc(NC(=O)c2cc(C(=O)NCc3ccccn3)ccn2)cc1. The summed E-state index contributed by atoms with van der Waals surface area (Å²) in [7, 11) is 0. The third-order valence-corrected chi connectivity index (χ3v) is 4.03. The van der Waals surface area contributed by atoms with E-state index in [2.05, 4.69) is 27.5 Å². The van der Waals surface area contributed by atoms with Crippen LogP contribution in [0.15, 0.2) is 67.0 Å². The number of nitrogens with zero attached hydrogens (tertiary/aromatic N) is 2. The number of pyridine rings is 2. The molecule has 1 aromatic carbocycles. The number of carbonyl (C=O) groups excluding carboxylic acids is 2. The van der Waals surface area contributed by atoms with E-state index < -0.39 is 0 Å². The molecule has 136 valence electrons. The maximum atomic E-state index is 12.4. The van der Waals surface area contributed by atoms with Crippen molar-refractivity contribution in [3.8, 4) is 0 Å². The lowest BCUT2D eigenvalue weighted by atomic mass is 10.1. The van der Waals surface area contributed by atoms with Crippen molar-refractivity contribution < 1.29 is 9.59 Å². The predicted octanol–water partition coefficient (Wildman–Crippen LogP) is 3.22. The van der Waals surface area contributed by atoms with Gasteiger partial charge in [0, 0.05) is 23.6 Å². The van der Waals surface area contributed by atoms with Crippen LogP contribution >= 0.6 is 0 Å². The lowest BCUT2D eigenvalue weighted by Gasteiger charge is -2.08. The highest BCUT2D eigenvalue weighted by molar-refractivity contribution is 6.04. The monoisotopic (exact) mass is 360 g/mol. The Morgan fingerprint density at radius 2 is 1.74 bits per heavy atom. The highest BCUT2D eigenvalue weighted by Gasteiger charge is 2.12. The van der Waals surface area contributed by atoms with E-state index in [1.807, 2.05) is 42.5 Å². The molecular weight excluding hydrogens is 340 g/mol. The third kappa shape index (κ3) is 4.98. The summed E-state index contributed by atoms with van der Waals surface area (Å²) in [5.74, 6) is -0.650. The molecule has 0 radical (unpaired) electrons. The largest absolute Gasteiger partial charge is 0.346 e. The molecule has 3 aromatic rings. The second kappa shape index (κ2) is 8.71. The van der Waals surface area contributed by atoms with E-state index in [0.717, 1.165) is 12.1 Å². The number of rotatable bonds is 6. The summed E-state index contributed by atoms with van der Waals surface area (Å²) in [6.07, 6.45) is 4.06. The fourth-order valence-electron chi connectivity index (χ4n) is 2.49. The van der Waals surface area contributed by atoms with Gasteiger partial charge in [-0.15, -0.1) is 0 Å². The van der Waals surface area contributed by atoms with Gasteiger partial charge in [0.1, 0.15) is 5.69 Å². The van der Waals surface area contributed by atoms with E-state index >= 15 is 0 Å². The number of hydrogen-bond acceptors (Lipinski definition) is 4. The summed E-state index contributed by atoms with van der Waals surface area (Å²) in [4.78, 5) is 33.0. The van der Waals surface area contributed by atoms with Crippen LogP contribution in [0, 0.1) is 0 Å². The van der Waals surface area contributed by atoms with Gasteiger partial charge in [-0.05, 0) is 48.4 Å². The lowest BCUT2D eigenvalue weighted by Crippen LogP contribution is -2.24. The maximum absolute atomic E-state index is 12.4. The quantitative estimate of drug-likeness (QED) is 0.707. The maximum Gasteiger partial charge on any atom is 0.274 e. The number of benzene rings is 1. The van der Waals surface area contributed by atoms with Gasteiger partial charge >= 0.3 is 0 Å². The molecule has 0 spiro atoms. The van der Waals surface area contributed by atoms with Crippen LogP contribution in [0.5, 0.6) is 0 Å². The van der Waals surface area contributed by atoms with E-state index in [1.165, 1.54) is 17.8 Å². The normalized spacial score (nSPS) is 10.3. The van der Waals surface area contributed by atoms with Crippen LogP contribution < -0.4 is 10.6 Å². The molecule has 6 nitrogen and oxygen atoms in total. The number of aryl methyl sites for hydroxylation is 1. The van der Waals surface area contributed by atoms with Gasteiger partial charge in [0.25, 0.3) is 11.8 Å². The second-order valence-corrected chi connectivity index (χ2v) is 5.94. The van der Waals surface area contributed by atoms with E-state index in [0.29, 0.717) is 17.8 Å². The molecular formula is C21H20N4O2. The van der Waals surface area contributed by atoms with E-state index in [9.17, 15) is 9.59 Å². The van der Waals surface area contributed by atoms with Crippen molar-refractivity contribution in [1.29, 1.82) is 0 Å². The Labute approximate surface area is 157 Å². The van der Waals surface area contributed by atoms with Gasteiger partial charge in [0.15, 0.2) is 0 Å². The highest BCUT2D eigenvalue weighted by atomic mass is 16.2. The number of anilines is 1. The Hall–Kier alpha value is -3.54. The molecule has 0 saturated heterocycles. The van der Waals surface area contributed by atoms with Gasteiger partial charge in [-0.3, -0.25) is 19.6 Å². The van der Waals surface area contributed by atoms with Crippen molar-refractivity contribution in [2.45, 2.75) is 19.9 Å². The summed E-state index contributed by atoms with van der Waals surface area (Å²) in [6, 6.07) is 16.2. The van der Waals surface area contributed by atoms with Gasteiger partial charge in [0.05, 0.1) is 12.2 Å². The van der Waals surface area contributed by atoms with Crippen LogP contribution in [-0.2, 0) is 13.0 Å². The molecule has 0 bridgehead atoms. The first-order valence-corrected chi connectivity index (χ1v) is 8.70.